The molecule has 0 aliphatic carbocycles. The molecule has 0 heterocycles. The van der Waals surface area contributed by atoms with Crippen LogP contribution in [0.25, 0.3) is 0 Å². The minimum Gasteiger partial charge on any atom is -0.508 e. The number of carboxylic acid groups (broad SMARTS) is 3. The molecule has 0 aliphatic rings. The zero-order valence-electron chi connectivity index (χ0n) is 11.5. The number of aromatic carboxylic acids is 3. The number of carbonyl (C=O) groups is 3. The van der Waals surface area contributed by atoms with Gasteiger partial charge in [0.15, 0.2) is 0 Å². The number of phenolic OH excluding ortho intramolecular Hbond substituents is 2. The van der Waals surface area contributed by atoms with Gasteiger partial charge in [0.1, 0.15) is 11.5 Å². The van der Waals surface area contributed by atoms with Crippen LogP contribution < -0.4 is 0 Å². The quantitative estimate of drug-likeness (QED) is 0.537. The smallest absolute Gasteiger partial charge is 0.336 e. The molecule has 120 valence electrons. The van der Waals surface area contributed by atoms with E-state index in [2.05, 4.69) is 0 Å². The number of phenols is 2. The van der Waals surface area contributed by atoms with Gasteiger partial charge in [-0.3, -0.25) is 0 Å². The fourth-order valence-electron chi connectivity index (χ4n) is 1.49. The highest BCUT2D eigenvalue weighted by Crippen LogP contribution is 2.13. The van der Waals surface area contributed by atoms with Crippen molar-refractivity contribution in [3.63, 3.8) is 0 Å². The van der Waals surface area contributed by atoms with Crippen molar-refractivity contribution in [1.29, 1.82) is 0 Å². The van der Waals surface area contributed by atoms with Crippen molar-refractivity contribution in [3.05, 3.63) is 59.2 Å². The zero-order chi connectivity index (χ0) is 17.6. The third kappa shape index (κ3) is 5.05. The Morgan fingerprint density at radius 2 is 1.04 bits per heavy atom. The van der Waals surface area contributed by atoms with Gasteiger partial charge in [-0.1, -0.05) is 0 Å². The number of aromatic hydroxyl groups is 2. The molecular formula is C15H12O8. The molecule has 23 heavy (non-hydrogen) atoms. The summed E-state index contributed by atoms with van der Waals surface area (Å²) in [4.78, 5) is 31.8. The molecule has 0 spiro atoms. The van der Waals surface area contributed by atoms with Gasteiger partial charge in [-0.2, -0.15) is 0 Å². The van der Waals surface area contributed by atoms with Crippen molar-refractivity contribution in [2.45, 2.75) is 0 Å². The summed E-state index contributed by atoms with van der Waals surface area (Å²) in [5, 5.41) is 43.2. The fourth-order valence-corrected chi connectivity index (χ4v) is 1.49. The first-order valence-corrected chi connectivity index (χ1v) is 6.04. The summed E-state index contributed by atoms with van der Waals surface area (Å²) in [7, 11) is 0. The summed E-state index contributed by atoms with van der Waals surface area (Å²) < 4.78 is 0. The van der Waals surface area contributed by atoms with E-state index in [0.29, 0.717) is 0 Å². The van der Waals surface area contributed by atoms with Crippen molar-refractivity contribution >= 4 is 17.9 Å². The van der Waals surface area contributed by atoms with Crippen LogP contribution in [0.2, 0.25) is 0 Å². The van der Waals surface area contributed by atoms with Crippen LogP contribution in [0.4, 0.5) is 0 Å². The van der Waals surface area contributed by atoms with Gasteiger partial charge < -0.3 is 25.5 Å². The molecule has 0 unspecified atom stereocenters. The predicted octanol–water partition coefficient (Wildman–Crippen LogP) is 1.88. The maximum atomic E-state index is 10.6. The van der Waals surface area contributed by atoms with Gasteiger partial charge in [0.05, 0.1) is 16.7 Å². The maximum Gasteiger partial charge on any atom is 0.336 e. The van der Waals surface area contributed by atoms with Crippen LogP contribution in [0, 0.1) is 0 Å². The lowest BCUT2D eigenvalue weighted by Gasteiger charge is -2.02. The van der Waals surface area contributed by atoms with Crippen LogP contribution >= 0.6 is 0 Å². The molecule has 0 amide bonds. The molecule has 0 aromatic heterocycles. The van der Waals surface area contributed by atoms with E-state index in [0.717, 1.165) is 18.2 Å². The number of benzene rings is 2. The molecule has 0 radical (unpaired) electrons. The highest BCUT2D eigenvalue weighted by molar-refractivity contribution is 6.03. The SMILES string of the molecule is O=C(O)c1ccc(C(=O)O)c(C(=O)O)c1.Oc1ccc(O)cc1. The molecule has 2 aromatic carbocycles. The number of hydrogen-bond acceptors (Lipinski definition) is 5. The summed E-state index contributed by atoms with van der Waals surface area (Å²) in [6.45, 7) is 0. The van der Waals surface area contributed by atoms with Crippen molar-refractivity contribution < 1.29 is 39.9 Å². The van der Waals surface area contributed by atoms with Crippen LogP contribution in [0.3, 0.4) is 0 Å². The average molecular weight is 320 g/mol. The first-order chi connectivity index (χ1) is 10.7. The van der Waals surface area contributed by atoms with Crippen LogP contribution in [0.15, 0.2) is 42.5 Å². The van der Waals surface area contributed by atoms with E-state index in [1.807, 2.05) is 0 Å². The second-order valence-electron chi connectivity index (χ2n) is 4.19. The normalized spacial score (nSPS) is 9.39. The molecule has 0 atom stereocenters. The summed E-state index contributed by atoms with van der Waals surface area (Å²) in [5.41, 5.74) is -1.24. The third-order valence-corrected chi connectivity index (χ3v) is 2.58. The largest absolute Gasteiger partial charge is 0.508 e. The van der Waals surface area contributed by atoms with E-state index in [1.54, 1.807) is 0 Å². The monoisotopic (exact) mass is 320 g/mol. The zero-order valence-corrected chi connectivity index (χ0v) is 11.5. The Bertz CT molecular complexity index is 713. The Labute approximate surface area is 129 Å². The maximum absolute atomic E-state index is 10.6. The van der Waals surface area contributed by atoms with Gasteiger partial charge in [-0.25, -0.2) is 14.4 Å². The lowest BCUT2D eigenvalue weighted by molar-refractivity contribution is 0.0649. The highest BCUT2D eigenvalue weighted by Gasteiger charge is 2.17. The van der Waals surface area contributed by atoms with Gasteiger partial charge >= 0.3 is 17.9 Å². The van der Waals surface area contributed by atoms with Gasteiger partial charge in [0, 0.05) is 0 Å². The average Bonchev–Trinajstić information content (AvgIpc) is 2.50. The molecule has 0 aliphatic heterocycles. The van der Waals surface area contributed by atoms with Crippen molar-refractivity contribution in [2.75, 3.05) is 0 Å². The predicted molar refractivity (Wildman–Crippen MR) is 77.1 cm³/mol. The molecule has 8 heteroatoms. The molecule has 5 N–H and O–H groups in total. The minimum absolute atomic E-state index is 0.169. The Morgan fingerprint density at radius 1 is 0.609 bits per heavy atom. The van der Waals surface area contributed by atoms with Crippen molar-refractivity contribution in [1.82, 2.24) is 0 Å². The lowest BCUT2D eigenvalue weighted by atomic mass is 10.0. The first-order valence-electron chi connectivity index (χ1n) is 6.04. The van der Waals surface area contributed by atoms with Crippen molar-refractivity contribution in [3.8, 4) is 11.5 Å². The molecule has 2 rings (SSSR count). The van der Waals surface area contributed by atoms with E-state index in [1.165, 1.54) is 24.3 Å². The summed E-state index contributed by atoms with van der Waals surface area (Å²) in [6.07, 6.45) is 0. The van der Waals surface area contributed by atoms with Gasteiger partial charge in [-0.05, 0) is 42.5 Å². The molecular weight excluding hydrogens is 308 g/mol. The van der Waals surface area contributed by atoms with Gasteiger partial charge in [-0.15, -0.1) is 0 Å². The topological polar surface area (TPSA) is 152 Å². The van der Waals surface area contributed by atoms with Crippen LogP contribution in [-0.2, 0) is 0 Å². The Morgan fingerprint density at radius 3 is 1.39 bits per heavy atom. The van der Waals surface area contributed by atoms with E-state index in [9.17, 15) is 14.4 Å². The Kier molecular flexibility index (Phi) is 5.67. The third-order valence-electron chi connectivity index (χ3n) is 2.58. The number of rotatable bonds is 3. The van der Waals surface area contributed by atoms with Gasteiger partial charge in [0.2, 0.25) is 0 Å². The molecule has 0 bridgehead atoms. The Hall–Kier alpha value is -3.55. The highest BCUT2D eigenvalue weighted by atomic mass is 16.4. The fraction of sp³-hybridized carbons (Fsp3) is 0. The molecule has 0 saturated carbocycles. The molecule has 8 nitrogen and oxygen atoms in total. The van der Waals surface area contributed by atoms with Crippen LogP contribution in [-0.4, -0.2) is 43.4 Å². The van der Waals surface area contributed by atoms with Crippen molar-refractivity contribution in [2.24, 2.45) is 0 Å². The Balaban J connectivity index is 0.000000277. The first kappa shape index (κ1) is 17.5. The lowest BCUT2D eigenvalue weighted by Crippen LogP contribution is -2.10. The van der Waals surface area contributed by atoms with E-state index < -0.39 is 29.0 Å². The second kappa shape index (κ2) is 7.46. The van der Waals surface area contributed by atoms with Crippen LogP contribution in [0.5, 0.6) is 11.5 Å². The van der Waals surface area contributed by atoms with Crippen LogP contribution in [0.1, 0.15) is 31.1 Å². The van der Waals surface area contributed by atoms with Gasteiger partial charge in [0.25, 0.3) is 0 Å². The second-order valence-corrected chi connectivity index (χ2v) is 4.19. The molecule has 0 fully saturated rings. The standard InChI is InChI=1S/C9H6O6.C6H6O2/c10-7(11)4-1-2-5(8(12)13)6(3-4)9(14)15;7-5-1-2-6(8)4-3-5/h1-3H,(H,10,11)(H,12,13)(H,14,15);1-4,7-8H. The minimum atomic E-state index is -1.48. The summed E-state index contributed by atoms with van der Waals surface area (Å²) in [6, 6.07) is 8.51. The summed E-state index contributed by atoms with van der Waals surface area (Å²) >= 11 is 0. The van der Waals surface area contributed by atoms with E-state index in [-0.39, 0.29) is 17.1 Å². The number of hydrogen-bond donors (Lipinski definition) is 5. The van der Waals surface area contributed by atoms with E-state index >= 15 is 0 Å². The molecule has 2 aromatic rings. The van der Waals surface area contributed by atoms with E-state index in [4.69, 9.17) is 25.5 Å². The number of carboxylic acids is 3. The summed E-state index contributed by atoms with van der Waals surface area (Å²) in [5.74, 6) is -3.86. The molecule has 0 saturated heterocycles.